The smallest absolute Gasteiger partial charge is 0.0599 e. The molecule has 1 aliphatic rings. The second-order valence-corrected chi connectivity index (χ2v) is 6.14. The van der Waals surface area contributed by atoms with Crippen LogP contribution in [0.4, 0.5) is 0 Å². The van der Waals surface area contributed by atoms with Crippen molar-refractivity contribution in [2.24, 2.45) is 0 Å². The predicted molar refractivity (Wildman–Crippen MR) is 76.8 cm³/mol. The molecule has 1 aliphatic heterocycles. The SMILES string of the molecule is CN1CCC(C)(C)N(Cc2ccncc2)C(CO)C1. The van der Waals surface area contributed by atoms with Crippen molar-refractivity contribution < 1.29 is 5.11 Å². The maximum Gasteiger partial charge on any atom is 0.0599 e. The van der Waals surface area contributed by atoms with E-state index in [4.69, 9.17) is 0 Å². The molecule has 19 heavy (non-hydrogen) atoms. The minimum absolute atomic E-state index is 0.0986. The maximum absolute atomic E-state index is 9.73. The molecule has 0 aliphatic carbocycles. The summed E-state index contributed by atoms with van der Waals surface area (Å²) in [4.78, 5) is 8.82. The van der Waals surface area contributed by atoms with Crippen molar-refractivity contribution in [3.8, 4) is 0 Å². The van der Waals surface area contributed by atoms with Crippen molar-refractivity contribution in [1.29, 1.82) is 0 Å². The summed E-state index contributed by atoms with van der Waals surface area (Å²) in [5.74, 6) is 0. The Morgan fingerprint density at radius 3 is 2.68 bits per heavy atom. The largest absolute Gasteiger partial charge is 0.395 e. The van der Waals surface area contributed by atoms with E-state index in [9.17, 15) is 5.11 Å². The van der Waals surface area contributed by atoms with Gasteiger partial charge < -0.3 is 10.0 Å². The van der Waals surface area contributed by atoms with Gasteiger partial charge in [0, 0.05) is 37.1 Å². The molecule has 1 atom stereocenters. The lowest BCUT2D eigenvalue weighted by Gasteiger charge is -2.41. The summed E-state index contributed by atoms with van der Waals surface area (Å²) in [5, 5.41) is 9.73. The Hall–Kier alpha value is -0.970. The van der Waals surface area contributed by atoms with Gasteiger partial charge in [-0.1, -0.05) is 0 Å². The molecule has 0 bridgehead atoms. The molecule has 1 unspecified atom stereocenters. The van der Waals surface area contributed by atoms with Gasteiger partial charge in [0.2, 0.25) is 0 Å². The van der Waals surface area contributed by atoms with E-state index in [0.29, 0.717) is 0 Å². The molecule has 0 aromatic carbocycles. The minimum Gasteiger partial charge on any atom is -0.395 e. The zero-order chi connectivity index (χ0) is 13.9. The molecule has 4 nitrogen and oxygen atoms in total. The van der Waals surface area contributed by atoms with Crippen LogP contribution in [0.25, 0.3) is 0 Å². The molecule has 1 N–H and O–H groups in total. The van der Waals surface area contributed by atoms with E-state index in [1.807, 2.05) is 12.4 Å². The quantitative estimate of drug-likeness (QED) is 0.894. The summed E-state index contributed by atoms with van der Waals surface area (Å²) >= 11 is 0. The molecule has 4 heteroatoms. The third kappa shape index (κ3) is 3.53. The molecular formula is C15H25N3O. The van der Waals surface area contributed by atoms with E-state index in [0.717, 1.165) is 26.1 Å². The van der Waals surface area contributed by atoms with Crippen LogP contribution >= 0.6 is 0 Å². The number of hydrogen-bond donors (Lipinski definition) is 1. The Balaban J connectivity index is 2.21. The van der Waals surface area contributed by atoms with Crippen LogP contribution in [-0.2, 0) is 6.54 Å². The molecule has 0 spiro atoms. The third-order valence-corrected chi connectivity index (χ3v) is 4.16. The second kappa shape index (κ2) is 5.99. The van der Waals surface area contributed by atoms with E-state index in [2.05, 4.69) is 47.8 Å². The Labute approximate surface area is 116 Å². The Kier molecular flexibility index (Phi) is 4.55. The fourth-order valence-electron chi connectivity index (χ4n) is 2.84. The average molecular weight is 263 g/mol. The van der Waals surface area contributed by atoms with Crippen molar-refractivity contribution in [1.82, 2.24) is 14.8 Å². The standard InChI is InChI=1S/C15H25N3O/c1-15(2)6-9-17(3)11-14(12-19)18(15)10-13-4-7-16-8-5-13/h4-5,7-8,14,19H,6,9-12H2,1-3H3. The second-order valence-electron chi connectivity index (χ2n) is 6.14. The lowest BCUT2D eigenvalue weighted by Crippen LogP contribution is -2.51. The highest BCUT2D eigenvalue weighted by atomic mass is 16.3. The average Bonchev–Trinajstić information content (AvgIpc) is 2.51. The number of likely N-dealkylation sites (N-methyl/N-ethyl adjacent to an activating group) is 1. The highest BCUT2D eigenvalue weighted by molar-refractivity contribution is 5.11. The Bertz CT molecular complexity index is 394. The highest BCUT2D eigenvalue weighted by Crippen LogP contribution is 2.27. The molecule has 2 rings (SSSR count). The molecule has 0 amide bonds. The topological polar surface area (TPSA) is 39.6 Å². The Morgan fingerprint density at radius 2 is 2.05 bits per heavy atom. The van der Waals surface area contributed by atoms with Gasteiger partial charge in [-0.2, -0.15) is 0 Å². The lowest BCUT2D eigenvalue weighted by molar-refractivity contribution is 0.0344. The van der Waals surface area contributed by atoms with Gasteiger partial charge in [-0.3, -0.25) is 9.88 Å². The predicted octanol–water partition coefficient (Wildman–Crippen LogP) is 1.36. The third-order valence-electron chi connectivity index (χ3n) is 4.16. The normalized spacial score (nSPS) is 25.2. The van der Waals surface area contributed by atoms with Crippen molar-refractivity contribution in [2.75, 3.05) is 26.7 Å². The molecule has 0 saturated carbocycles. The monoisotopic (exact) mass is 263 g/mol. The van der Waals surface area contributed by atoms with Crippen molar-refractivity contribution >= 4 is 0 Å². The number of aliphatic hydroxyl groups is 1. The van der Waals surface area contributed by atoms with Crippen LogP contribution in [0.5, 0.6) is 0 Å². The summed E-state index contributed by atoms with van der Waals surface area (Å²) in [5.41, 5.74) is 1.35. The number of hydrogen-bond acceptors (Lipinski definition) is 4. The summed E-state index contributed by atoms with van der Waals surface area (Å²) in [6.45, 7) is 7.63. The Morgan fingerprint density at radius 1 is 1.37 bits per heavy atom. The van der Waals surface area contributed by atoms with Crippen LogP contribution in [0.1, 0.15) is 25.8 Å². The highest BCUT2D eigenvalue weighted by Gasteiger charge is 2.35. The minimum atomic E-state index is 0.0986. The summed E-state index contributed by atoms with van der Waals surface area (Å²) in [6, 6.07) is 4.30. The molecule has 1 aromatic rings. The van der Waals surface area contributed by atoms with E-state index >= 15 is 0 Å². The van der Waals surface area contributed by atoms with Crippen LogP contribution in [-0.4, -0.2) is 58.2 Å². The molecule has 1 aromatic heterocycles. The van der Waals surface area contributed by atoms with Crippen LogP contribution < -0.4 is 0 Å². The van der Waals surface area contributed by atoms with E-state index in [1.165, 1.54) is 5.56 Å². The summed E-state index contributed by atoms with van der Waals surface area (Å²) < 4.78 is 0. The van der Waals surface area contributed by atoms with Gasteiger partial charge in [0.25, 0.3) is 0 Å². The molecule has 1 saturated heterocycles. The first-order valence-electron chi connectivity index (χ1n) is 6.98. The molecular weight excluding hydrogens is 238 g/mol. The van der Waals surface area contributed by atoms with Crippen LogP contribution in [0.2, 0.25) is 0 Å². The number of nitrogens with zero attached hydrogens (tertiary/aromatic N) is 3. The van der Waals surface area contributed by atoms with Crippen molar-refractivity contribution in [2.45, 2.75) is 38.4 Å². The van der Waals surface area contributed by atoms with E-state index in [-0.39, 0.29) is 18.2 Å². The molecule has 0 radical (unpaired) electrons. The van der Waals surface area contributed by atoms with Gasteiger partial charge in [-0.25, -0.2) is 0 Å². The van der Waals surface area contributed by atoms with E-state index in [1.54, 1.807) is 0 Å². The van der Waals surface area contributed by atoms with Gasteiger partial charge in [0.1, 0.15) is 0 Å². The lowest BCUT2D eigenvalue weighted by atomic mass is 9.96. The summed E-state index contributed by atoms with van der Waals surface area (Å²) in [7, 11) is 2.13. The van der Waals surface area contributed by atoms with Gasteiger partial charge >= 0.3 is 0 Å². The molecule has 106 valence electrons. The summed E-state index contributed by atoms with van der Waals surface area (Å²) in [6.07, 6.45) is 4.78. The van der Waals surface area contributed by atoms with Crippen LogP contribution in [0.15, 0.2) is 24.5 Å². The fraction of sp³-hybridized carbons (Fsp3) is 0.667. The number of aromatic nitrogens is 1. The van der Waals surface area contributed by atoms with Gasteiger partial charge in [0.15, 0.2) is 0 Å². The zero-order valence-electron chi connectivity index (χ0n) is 12.2. The first kappa shape index (κ1) is 14.4. The van der Waals surface area contributed by atoms with Crippen LogP contribution in [0.3, 0.4) is 0 Å². The van der Waals surface area contributed by atoms with Gasteiger partial charge in [-0.15, -0.1) is 0 Å². The first-order chi connectivity index (χ1) is 9.03. The van der Waals surface area contributed by atoms with Crippen LogP contribution in [0, 0.1) is 0 Å². The molecule has 1 fully saturated rings. The fourth-order valence-corrected chi connectivity index (χ4v) is 2.84. The molecule has 2 heterocycles. The maximum atomic E-state index is 9.73. The number of pyridine rings is 1. The van der Waals surface area contributed by atoms with Crippen molar-refractivity contribution in [3.05, 3.63) is 30.1 Å². The zero-order valence-corrected chi connectivity index (χ0v) is 12.2. The van der Waals surface area contributed by atoms with Gasteiger partial charge in [-0.05, 0) is 51.6 Å². The van der Waals surface area contributed by atoms with E-state index < -0.39 is 0 Å². The first-order valence-corrected chi connectivity index (χ1v) is 6.98. The number of aliphatic hydroxyl groups excluding tert-OH is 1. The number of rotatable bonds is 3. The van der Waals surface area contributed by atoms with Crippen molar-refractivity contribution in [3.63, 3.8) is 0 Å². The van der Waals surface area contributed by atoms with Gasteiger partial charge in [0.05, 0.1) is 6.61 Å².